The maximum absolute atomic E-state index is 9.12. The fourth-order valence-electron chi connectivity index (χ4n) is 0. The van der Waals surface area contributed by atoms with Crippen molar-refractivity contribution < 1.29 is 23.8 Å². The summed E-state index contributed by atoms with van der Waals surface area (Å²) in [5.74, 6) is 0. The molecule has 30 valence electrons. The second kappa shape index (κ2) is 4.87. The quantitative estimate of drug-likeness (QED) is 0.151. The summed E-state index contributed by atoms with van der Waals surface area (Å²) >= 11 is 0. The van der Waals surface area contributed by atoms with Gasteiger partial charge in [-0.25, -0.2) is 0 Å². The van der Waals surface area contributed by atoms with Crippen LogP contribution in [0.3, 0.4) is 0 Å². The average molecular weight is 81.0 g/mol. The normalized spacial score (nSPS) is 5.50. The minimum absolute atomic E-state index is 0. The maximum Gasteiger partial charge on any atom is 1.00 e. The molecule has 0 aromatic heterocycles. The summed E-state index contributed by atoms with van der Waals surface area (Å²) < 4.78 is 0. The summed E-state index contributed by atoms with van der Waals surface area (Å²) in [7, 11) is 0. The topological polar surface area (TPSA) is 43.1 Å². The van der Waals surface area contributed by atoms with E-state index in [9.17, 15) is 0 Å². The van der Waals surface area contributed by atoms with Gasteiger partial charge in [0, 0.05) is 0 Å². The van der Waals surface area contributed by atoms with Gasteiger partial charge in [-0.1, -0.05) is 6.54 Å². The third kappa shape index (κ3) is 9.12. The molecule has 3 nitrogen and oxygen atoms in total. The Hall–Kier alpha value is -0.133. The molecule has 0 heterocycles. The molecule has 0 amide bonds. The van der Waals surface area contributed by atoms with Gasteiger partial charge in [-0.05, 0) is 0 Å². The van der Waals surface area contributed by atoms with Gasteiger partial charge < -0.3 is 0 Å². The molecule has 0 saturated carbocycles. The van der Waals surface area contributed by atoms with Crippen LogP contribution in [-0.2, 0) is 0 Å². The Labute approximate surface area is 48.1 Å². The van der Waals surface area contributed by atoms with E-state index in [0.29, 0.717) is 0 Å². The van der Waals surface area contributed by atoms with E-state index in [0.717, 1.165) is 6.54 Å². The van der Waals surface area contributed by atoms with Crippen molar-refractivity contribution in [1.29, 1.82) is 0 Å². The number of nitrogens with zero attached hydrogens (tertiary/aromatic N) is 1. The van der Waals surface area contributed by atoms with Crippen molar-refractivity contribution in [3.8, 4) is 0 Å². The summed E-state index contributed by atoms with van der Waals surface area (Å²) in [6.45, 7) is 2.26. The van der Waals surface area contributed by atoms with Crippen molar-refractivity contribution in [3.63, 3.8) is 0 Å². The molecule has 0 N–H and O–H groups in total. The average Bonchev–Trinajstić information content (AvgIpc) is 1.38. The number of nitro groups is 1. The number of hydrogen-bond donors (Lipinski definition) is 0. The number of hydrogen-bond acceptors (Lipinski definition) is 2. The molecule has 0 atom stereocenters. The SMILES string of the molecule is C[CH-][N+](=O)[O-].[Li+]. The molecule has 0 fully saturated rings. The smallest absolute Gasteiger partial charge is 0.295 e. The Kier molecular flexibility index (Phi) is 7.54. The maximum atomic E-state index is 9.12. The number of rotatable bonds is 1. The van der Waals surface area contributed by atoms with Gasteiger partial charge in [-0.3, -0.25) is 10.1 Å². The molecule has 0 bridgehead atoms. The van der Waals surface area contributed by atoms with E-state index in [1.54, 1.807) is 0 Å². The molecule has 0 aromatic carbocycles. The van der Waals surface area contributed by atoms with Crippen LogP contribution in [0.25, 0.3) is 0 Å². The Bertz CT molecular complexity index is 46.8. The summed E-state index contributed by atoms with van der Waals surface area (Å²) in [6.07, 6.45) is 0. The molecule has 0 unspecified atom stereocenters. The molecule has 6 heavy (non-hydrogen) atoms. The van der Waals surface area contributed by atoms with E-state index in [1.807, 2.05) is 0 Å². The zero-order valence-electron chi connectivity index (χ0n) is 3.84. The Balaban J connectivity index is 0. The third-order valence-electron chi connectivity index (χ3n) is 0.211. The first-order valence-electron chi connectivity index (χ1n) is 1.20. The fourth-order valence-corrected chi connectivity index (χ4v) is 0. The zero-order chi connectivity index (χ0) is 4.28. The molecule has 0 radical (unpaired) electrons. The molecule has 0 saturated heterocycles. The van der Waals surface area contributed by atoms with Crippen LogP contribution in [0.2, 0.25) is 0 Å². The molecular weight excluding hydrogens is 77.0 g/mol. The van der Waals surface area contributed by atoms with Crippen molar-refractivity contribution in [2.45, 2.75) is 6.92 Å². The first kappa shape index (κ1) is 9.29. The van der Waals surface area contributed by atoms with Gasteiger partial charge >= 0.3 is 18.9 Å². The van der Waals surface area contributed by atoms with Crippen molar-refractivity contribution >= 4 is 0 Å². The Morgan fingerprint density at radius 3 is 2.00 bits per heavy atom. The molecule has 0 rings (SSSR count). The van der Waals surface area contributed by atoms with Gasteiger partial charge in [-0.15, -0.1) is 11.8 Å². The molecule has 4 heteroatoms. The second-order valence-corrected chi connectivity index (χ2v) is 0.544. The van der Waals surface area contributed by atoms with E-state index in [4.69, 9.17) is 10.1 Å². The predicted molar refractivity (Wildman–Crippen MR) is 17.0 cm³/mol. The van der Waals surface area contributed by atoms with Crippen LogP contribution >= 0.6 is 0 Å². The van der Waals surface area contributed by atoms with E-state index in [-0.39, 0.29) is 18.9 Å². The van der Waals surface area contributed by atoms with Crippen LogP contribution in [0.4, 0.5) is 0 Å². The van der Waals surface area contributed by atoms with Gasteiger partial charge in [-0.2, -0.15) is 0 Å². The van der Waals surface area contributed by atoms with Crippen LogP contribution in [0.5, 0.6) is 0 Å². The second-order valence-electron chi connectivity index (χ2n) is 0.544. The van der Waals surface area contributed by atoms with Crippen LogP contribution in [0.15, 0.2) is 0 Å². The molecule has 0 spiro atoms. The third-order valence-corrected chi connectivity index (χ3v) is 0.211. The van der Waals surface area contributed by atoms with Crippen LogP contribution < -0.4 is 18.9 Å². The molecular formula is C2H4LiNO2. The van der Waals surface area contributed by atoms with Crippen molar-refractivity contribution in [2.24, 2.45) is 0 Å². The first-order chi connectivity index (χ1) is 2.27. The van der Waals surface area contributed by atoms with Gasteiger partial charge in [0.15, 0.2) is 0 Å². The van der Waals surface area contributed by atoms with Crippen molar-refractivity contribution in [1.82, 2.24) is 0 Å². The zero-order valence-corrected chi connectivity index (χ0v) is 3.84. The monoisotopic (exact) mass is 81.0 g/mol. The van der Waals surface area contributed by atoms with E-state index >= 15 is 0 Å². The summed E-state index contributed by atoms with van der Waals surface area (Å²) in [6, 6.07) is 0. The van der Waals surface area contributed by atoms with Crippen LogP contribution in [0.1, 0.15) is 6.92 Å². The van der Waals surface area contributed by atoms with Gasteiger partial charge in [0.2, 0.25) is 0 Å². The molecule has 0 aliphatic rings. The molecule has 0 aliphatic carbocycles. The Morgan fingerprint density at radius 1 is 1.83 bits per heavy atom. The van der Waals surface area contributed by atoms with Gasteiger partial charge in [0.1, 0.15) is 0 Å². The summed E-state index contributed by atoms with van der Waals surface area (Å²) in [5.41, 5.74) is 0. The van der Waals surface area contributed by atoms with Gasteiger partial charge in [0.05, 0.1) is 0 Å². The van der Waals surface area contributed by atoms with Crippen LogP contribution in [0, 0.1) is 16.7 Å². The minimum atomic E-state index is -0.500. The molecule has 0 aliphatic heterocycles. The molecule has 0 aromatic rings. The minimum Gasteiger partial charge on any atom is -0.295 e. The van der Waals surface area contributed by atoms with Gasteiger partial charge in [0.25, 0.3) is 0 Å². The van der Waals surface area contributed by atoms with Crippen molar-refractivity contribution in [3.05, 3.63) is 16.7 Å². The standard InChI is InChI=1S/C2H4NO2.Li/c1-2-3(4)5;/h2H,1H3;/q-1;+1. The van der Waals surface area contributed by atoms with Crippen LogP contribution in [-0.4, -0.2) is 4.92 Å². The predicted octanol–water partition coefficient (Wildman–Crippen LogP) is -2.55. The summed E-state index contributed by atoms with van der Waals surface area (Å²) in [4.78, 5) is 8.62. The largest absolute Gasteiger partial charge is 1.00 e. The fraction of sp³-hybridized carbons (Fsp3) is 0.500. The van der Waals surface area contributed by atoms with Crippen molar-refractivity contribution in [2.75, 3.05) is 0 Å². The Morgan fingerprint density at radius 2 is 2.00 bits per heavy atom. The van der Waals surface area contributed by atoms with E-state index < -0.39 is 4.92 Å². The summed E-state index contributed by atoms with van der Waals surface area (Å²) in [5, 5.41) is 9.12. The van der Waals surface area contributed by atoms with E-state index in [2.05, 4.69) is 0 Å². The van der Waals surface area contributed by atoms with E-state index in [1.165, 1.54) is 6.92 Å². The first-order valence-corrected chi connectivity index (χ1v) is 1.20.